The van der Waals surface area contributed by atoms with E-state index in [0.717, 1.165) is 5.57 Å². The van der Waals surface area contributed by atoms with E-state index in [1.165, 1.54) is 12.1 Å². The number of carbonyl (C=O) groups is 2. The first kappa shape index (κ1) is 22.3. The average molecular weight is 426 g/mol. The molecule has 1 aromatic heterocycles. The van der Waals surface area contributed by atoms with Crippen LogP contribution in [0.4, 0.5) is 0 Å². The minimum Gasteiger partial charge on any atom is -0.464 e. The van der Waals surface area contributed by atoms with Crippen LogP contribution in [-0.2, 0) is 23.8 Å². The van der Waals surface area contributed by atoms with Crippen LogP contribution < -0.4 is 5.63 Å². The summed E-state index contributed by atoms with van der Waals surface area (Å²) < 4.78 is 22.7. The molecule has 0 N–H and O–H groups in total. The van der Waals surface area contributed by atoms with Gasteiger partial charge < -0.3 is 18.6 Å². The Balaban J connectivity index is 2.22. The fourth-order valence-corrected chi connectivity index (χ4v) is 3.50. The zero-order valence-corrected chi connectivity index (χ0v) is 18.5. The van der Waals surface area contributed by atoms with E-state index in [1.54, 1.807) is 46.1 Å². The normalized spacial score (nSPS) is 21.4. The zero-order chi connectivity index (χ0) is 22.9. The highest BCUT2D eigenvalue weighted by Gasteiger charge is 2.49. The minimum absolute atomic E-state index is 0.0730. The molecule has 7 heteroatoms. The van der Waals surface area contributed by atoms with Crippen molar-refractivity contribution in [2.75, 3.05) is 0 Å². The van der Waals surface area contributed by atoms with Crippen molar-refractivity contribution in [3.63, 3.8) is 0 Å². The molecule has 1 aliphatic carbocycles. The third-order valence-electron chi connectivity index (χ3n) is 5.17. The van der Waals surface area contributed by atoms with Crippen LogP contribution in [0.2, 0.25) is 0 Å². The number of hydrogen-bond acceptors (Lipinski definition) is 7. The second-order valence-electron chi connectivity index (χ2n) is 8.29. The van der Waals surface area contributed by atoms with Crippen LogP contribution in [0.15, 0.2) is 62.6 Å². The van der Waals surface area contributed by atoms with Crippen molar-refractivity contribution in [2.24, 2.45) is 5.41 Å². The van der Waals surface area contributed by atoms with Gasteiger partial charge in [0.2, 0.25) is 6.10 Å². The van der Waals surface area contributed by atoms with Crippen molar-refractivity contribution in [3.8, 4) is 0 Å². The van der Waals surface area contributed by atoms with Gasteiger partial charge >= 0.3 is 17.6 Å². The second kappa shape index (κ2) is 8.41. The highest BCUT2D eigenvalue weighted by Crippen LogP contribution is 2.50. The lowest BCUT2D eigenvalue weighted by Crippen LogP contribution is -2.40. The fourth-order valence-electron chi connectivity index (χ4n) is 3.50. The Morgan fingerprint density at radius 3 is 2.45 bits per heavy atom. The summed E-state index contributed by atoms with van der Waals surface area (Å²) in [5.41, 5.74) is 1.00. The highest BCUT2D eigenvalue weighted by molar-refractivity contribution is 5.88. The van der Waals surface area contributed by atoms with E-state index in [-0.39, 0.29) is 5.76 Å². The van der Waals surface area contributed by atoms with E-state index in [2.05, 4.69) is 0 Å². The molecule has 0 aromatic carbocycles. The van der Waals surface area contributed by atoms with Gasteiger partial charge in [-0.3, -0.25) is 0 Å². The second-order valence-corrected chi connectivity index (χ2v) is 8.29. The van der Waals surface area contributed by atoms with Crippen LogP contribution in [0.1, 0.15) is 59.0 Å². The molecular formula is C24H26O7. The summed E-state index contributed by atoms with van der Waals surface area (Å²) >= 11 is 0. The van der Waals surface area contributed by atoms with Crippen LogP contribution in [0.3, 0.4) is 0 Å². The number of esters is 2. The van der Waals surface area contributed by atoms with Crippen LogP contribution in [0.5, 0.6) is 0 Å². The maximum atomic E-state index is 12.7. The fraction of sp³-hybridized carbons (Fsp3) is 0.375. The third kappa shape index (κ3) is 4.40. The molecule has 0 saturated carbocycles. The SMILES string of the molecule is C/C=C(\C)C(=O)OC1C2=C(OC=CC2(C)C)c2ccc(=O)oc2C1OC(=O)C=C(C)C. The summed E-state index contributed by atoms with van der Waals surface area (Å²) in [5, 5.41) is 0. The van der Waals surface area contributed by atoms with Crippen molar-refractivity contribution in [1.82, 2.24) is 0 Å². The van der Waals surface area contributed by atoms with Gasteiger partial charge in [0.25, 0.3) is 0 Å². The molecule has 0 saturated heterocycles. The third-order valence-corrected chi connectivity index (χ3v) is 5.17. The summed E-state index contributed by atoms with van der Waals surface area (Å²) in [4.78, 5) is 37.2. The smallest absolute Gasteiger partial charge is 0.336 e. The summed E-state index contributed by atoms with van der Waals surface area (Å²) in [5.74, 6) is -0.726. The largest absolute Gasteiger partial charge is 0.464 e. The molecule has 0 fully saturated rings. The van der Waals surface area contributed by atoms with Gasteiger partial charge in [-0.15, -0.1) is 0 Å². The molecule has 0 amide bonds. The number of fused-ring (bicyclic) bond motifs is 2. The summed E-state index contributed by atoms with van der Waals surface area (Å²) in [6.07, 6.45) is 4.11. The van der Waals surface area contributed by atoms with Gasteiger partial charge in [0.15, 0.2) is 11.9 Å². The van der Waals surface area contributed by atoms with E-state index in [4.69, 9.17) is 18.6 Å². The van der Waals surface area contributed by atoms with Crippen molar-refractivity contribution in [1.29, 1.82) is 0 Å². The molecule has 31 heavy (non-hydrogen) atoms. The molecule has 2 heterocycles. The predicted octanol–water partition coefficient (Wildman–Crippen LogP) is 4.36. The standard InChI is InChI=1S/C24H26O7/c1-7-14(4)23(27)31-21-18-19(28-11-10-24(18,5)6)15-8-9-16(25)29-20(15)22(21)30-17(26)12-13(2)3/h7-12,21-22H,1-6H3/b14-7+. The Labute approximate surface area is 180 Å². The Morgan fingerprint density at radius 2 is 1.81 bits per heavy atom. The highest BCUT2D eigenvalue weighted by atomic mass is 16.6. The quantitative estimate of drug-likeness (QED) is 0.522. The number of carbonyl (C=O) groups excluding carboxylic acids is 2. The molecule has 1 aromatic rings. The van der Waals surface area contributed by atoms with E-state index >= 15 is 0 Å². The lowest BCUT2D eigenvalue weighted by molar-refractivity contribution is -0.162. The monoisotopic (exact) mass is 426 g/mol. The molecule has 0 radical (unpaired) electrons. The van der Waals surface area contributed by atoms with Gasteiger partial charge in [0.05, 0.1) is 11.8 Å². The lowest BCUT2D eigenvalue weighted by Gasteiger charge is -2.40. The molecule has 3 rings (SSSR count). The summed E-state index contributed by atoms with van der Waals surface area (Å²) in [7, 11) is 0. The zero-order valence-electron chi connectivity index (χ0n) is 18.5. The molecule has 1 aliphatic heterocycles. The number of hydrogen-bond donors (Lipinski definition) is 0. The molecule has 7 nitrogen and oxygen atoms in total. The molecular weight excluding hydrogens is 400 g/mol. The first-order chi connectivity index (χ1) is 14.5. The molecule has 0 bridgehead atoms. The van der Waals surface area contributed by atoms with Gasteiger partial charge in [0, 0.05) is 28.7 Å². The van der Waals surface area contributed by atoms with Gasteiger partial charge in [-0.05, 0) is 39.8 Å². The summed E-state index contributed by atoms with van der Waals surface area (Å²) in [6.45, 7) is 10.7. The van der Waals surface area contributed by atoms with Crippen LogP contribution >= 0.6 is 0 Å². The topological polar surface area (TPSA) is 92.0 Å². The maximum absolute atomic E-state index is 12.7. The van der Waals surface area contributed by atoms with Gasteiger partial charge in [-0.2, -0.15) is 0 Å². The van der Waals surface area contributed by atoms with Crippen molar-refractivity contribution >= 4 is 17.7 Å². The van der Waals surface area contributed by atoms with Crippen molar-refractivity contribution in [2.45, 2.75) is 53.8 Å². The number of rotatable bonds is 4. The molecule has 2 aliphatic rings. The predicted molar refractivity (Wildman–Crippen MR) is 113 cm³/mol. The Kier molecular flexibility index (Phi) is 6.06. The lowest BCUT2D eigenvalue weighted by atomic mass is 9.73. The maximum Gasteiger partial charge on any atom is 0.336 e. The van der Waals surface area contributed by atoms with Crippen molar-refractivity contribution < 1.29 is 28.2 Å². The first-order valence-electron chi connectivity index (χ1n) is 9.98. The molecule has 164 valence electrons. The van der Waals surface area contributed by atoms with Crippen LogP contribution in [0.25, 0.3) is 5.76 Å². The van der Waals surface area contributed by atoms with E-state index in [9.17, 15) is 14.4 Å². The molecule has 2 atom stereocenters. The average Bonchev–Trinajstić information content (AvgIpc) is 2.68. The number of ether oxygens (including phenoxy) is 3. The van der Waals surface area contributed by atoms with E-state index in [1.807, 2.05) is 19.9 Å². The Hall–Kier alpha value is -3.35. The molecule has 0 spiro atoms. The van der Waals surface area contributed by atoms with Gasteiger partial charge in [-0.1, -0.05) is 25.5 Å². The summed E-state index contributed by atoms with van der Waals surface area (Å²) in [6, 6.07) is 2.83. The van der Waals surface area contributed by atoms with Crippen molar-refractivity contribution in [3.05, 3.63) is 75.1 Å². The van der Waals surface area contributed by atoms with E-state index in [0.29, 0.717) is 22.5 Å². The van der Waals surface area contributed by atoms with Gasteiger partial charge in [-0.25, -0.2) is 14.4 Å². The van der Waals surface area contributed by atoms with Crippen LogP contribution in [-0.4, -0.2) is 18.0 Å². The Bertz CT molecular complexity index is 1090. The van der Waals surface area contributed by atoms with E-state index < -0.39 is 35.2 Å². The molecule has 2 unspecified atom stereocenters. The Morgan fingerprint density at radius 1 is 1.10 bits per heavy atom. The van der Waals surface area contributed by atoms with Gasteiger partial charge in [0.1, 0.15) is 5.76 Å². The first-order valence-corrected chi connectivity index (χ1v) is 9.98. The van der Waals surface area contributed by atoms with Crippen LogP contribution in [0, 0.1) is 5.41 Å². The minimum atomic E-state index is -1.16. The number of allylic oxidation sites excluding steroid dienone is 3.